The monoisotopic (exact) mass is 338 g/mol. The molecule has 0 amide bonds. The molecule has 1 aliphatic rings. The van der Waals surface area contributed by atoms with Crippen molar-refractivity contribution in [2.75, 3.05) is 12.4 Å². The van der Waals surface area contributed by atoms with E-state index in [2.05, 4.69) is 10.1 Å². The third-order valence-electron chi connectivity index (χ3n) is 4.46. The maximum Gasteiger partial charge on any atom is 0.231 e. The van der Waals surface area contributed by atoms with E-state index in [-0.39, 0.29) is 5.75 Å². The highest BCUT2D eigenvalue weighted by molar-refractivity contribution is 7.89. The van der Waals surface area contributed by atoms with Gasteiger partial charge in [-0.15, -0.1) is 5.10 Å². The highest BCUT2D eigenvalue weighted by Gasteiger charge is 2.36. The molecule has 23 heavy (non-hydrogen) atoms. The van der Waals surface area contributed by atoms with E-state index < -0.39 is 15.4 Å². The number of primary sulfonamides is 1. The third kappa shape index (κ3) is 3.81. The van der Waals surface area contributed by atoms with Gasteiger partial charge in [-0.1, -0.05) is 19.3 Å². The molecule has 1 saturated carbocycles. The fourth-order valence-corrected chi connectivity index (χ4v) is 4.56. The lowest BCUT2D eigenvalue weighted by atomic mass is 9.76. The number of hydrogen-bond acceptors (Lipinski definition) is 5. The van der Waals surface area contributed by atoms with E-state index in [1.165, 1.54) is 0 Å². The number of ether oxygens (including phenoxy) is 1. The van der Waals surface area contributed by atoms with Gasteiger partial charge in [0.05, 0.1) is 24.3 Å². The Morgan fingerprint density at radius 3 is 2.74 bits per heavy atom. The van der Waals surface area contributed by atoms with E-state index in [0.29, 0.717) is 12.5 Å². The molecule has 1 aliphatic carbocycles. The maximum absolute atomic E-state index is 11.6. The predicted molar refractivity (Wildman–Crippen MR) is 86.7 cm³/mol. The van der Waals surface area contributed by atoms with E-state index in [9.17, 15) is 8.42 Å². The van der Waals surface area contributed by atoms with Crippen LogP contribution in [0.5, 0.6) is 5.88 Å². The normalized spacial score (nSPS) is 18.2. The first-order valence-electron chi connectivity index (χ1n) is 7.82. The van der Waals surface area contributed by atoms with Gasteiger partial charge in [0.15, 0.2) is 5.65 Å². The van der Waals surface area contributed by atoms with Crippen LogP contribution < -0.4 is 9.88 Å². The quantitative estimate of drug-likeness (QED) is 0.893. The van der Waals surface area contributed by atoms with Gasteiger partial charge in [0.25, 0.3) is 0 Å². The van der Waals surface area contributed by atoms with Gasteiger partial charge in [-0.3, -0.25) is 0 Å². The van der Waals surface area contributed by atoms with E-state index in [1.807, 2.05) is 13.0 Å². The molecular formula is C15H22N4O3S. The number of hydrogen-bond donors (Lipinski definition) is 1. The van der Waals surface area contributed by atoms with Gasteiger partial charge < -0.3 is 4.74 Å². The molecule has 0 bridgehead atoms. The smallest absolute Gasteiger partial charge is 0.231 e. The van der Waals surface area contributed by atoms with Crippen LogP contribution in [-0.2, 0) is 10.0 Å². The lowest BCUT2D eigenvalue weighted by Gasteiger charge is -2.35. The SMILES string of the molecule is Cc1cnc2ccc(OCC3(CS(N)(=O)=O)CCCCC3)nn12. The minimum atomic E-state index is -3.53. The van der Waals surface area contributed by atoms with Crippen LogP contribution in [0, 0.1) is 12.3 Å². The van der Waals surface area contributed by atoms with E-state index in [4.69, 9.17) is 9.88 Å². The minimum absolute atomic E-state index is 0.0354. The number of nitrogens with zero attached hydrogens (tertiary/aromatic N) is 3. The van der Waals surface area contributed by atoms with E-state index >= 15 is 0 Å². The van der Waals surface area contributed by atoms with Crippen LogP contribution in [0.4, 0.5) is 0 Å². The molecule has 0 radical (unpaired) electrons. The summed E-state index contributed by atoms with van der Waals surface area (Å²) in [5.74, 6) is 0.435. The molecule has 126 valence electrons. The van der Waals surface area contributed by atoms with Crippen molar-refractivity contribution in [3.8, 4) is 5.88 Å². The topological polar surface area (TPSA) is 99.6 Å². The van der Waals surface area contributed by atoms with Crippen LogP contribution in [0.2, 0.25) is 0 Å². The van der Waals surface area contributed by atoms with Gasteiger partial charge in [-0.05, 0) is 25.8 Å². The molecular weight excluding hydrogens is 316 g/mol. The van der Waals surface area contributed by atoms with Crippen molar-refractivity contribution in [1.29, 1.82) is 0 Å². The Morgan fingerprint density at radius 1 is 1.30 bits per heavy atom. The third-order valence-corrected chi connectivity index (χ3v) is 5.47. The van der Waals surface area contributed by atoms with Gasteiger partial charge in [0, 0.05) is 11.5 Å². The van der Waals surface area contributed by atoms with Gasteiger partial charge in [0.1, 0.15) is 0 Å². The molecule has 0 saturated heterocycles. The van der Waals surface area contributed by atoms with Crippen molar-refractivity contribution < 1.29 is 13.2 Å². The number of fused-ring (bicyclic) bond motifs is 1. The summed E-state index contributed by atoms with van der Waals surface area (Å²) in [6.45, 7) is 2.23. The Morgan fingerprint density at radius 2 is 2.04 bits per heavy atom. The number of rotatable bonds is 5. The molecule has 7 nitrogen and oxygen atoms in total. The van der Waals surface area contributed by atoms with Crippen molar-refractivity contribution in [1.82, 2.24) is 14.6 Å². The van der Waals surface area contributed by atoms with Crippen LogP contribution >= 0.6 is 0 Å². The molecule has 2 aromatic heterocycles. The first-order valence-corrected chi connectivity index (χ1v) is 9.53. The summed E-state index contributed by atoms with van der Waals surface area (Å²) >= 11 is 0. The Hall–Kier alpha value is -1.67. The standard InChI is InChI=1S/C15H22N4O3S/c1-12-9-17-13-5-6-14(18-19(12)13)22-10-15(11-23(16,20)21)7-3-2-4-8-15/h5-6,9H,2-4,7-8,10-11H2,1H3,(H2,16,20,21). The average Bonchev–Trinajstić information content (AvgIpc) is 2.86. The number of sulfonamides is 1. The number of imidazole rings is 1. The summed E-state index contributed by atoms with van der Waals surface area (Å²) in [5.41, 5.74) is 1.26. The zero-order chi connectivity index (χ0) is 16.5. The second-order valence-electron chi connectivity index (χ2n) is 6.50. The predicted octanol–water partition coefficient (Wildman–Crippen LogP) is 1.66. The Kier molecular flexibility index (Phi) is 4.29. The zero-order valence-corrected chi connectivity index (χ0v) is 14.1. The van der Waals surface area contributed by atoms with Crippen LogP contribution in [0.3, 0.4) is 0 Å². The second-order valence-corrected chi connectivity index (χ2v) is 8.11. The minimum Gasteiger partial charge on any atom is -0.476 e. The summed E-state index contributed by atoms with van der Waals surface area (Å²) in [4.78, 5) is 4.22. The fourth-order valence-electron chi connectivity index (χ4n) is 3.33. The van der Waals surface area contributed by atoms with Gasteiger partial charge in [-0.25, -0.2) is 23.1 Å². The van der Waals surface area contributed by atoms with Crippen molar-refractivity contribution in [2.45, 2.75) is 39.0 Å². The van der Waals surface area contributed by atoms with Gasteiger partial charge in [-0.2, -0.15) is 0 Å². The summed E-state index contributed by atoms with van der Waals surface area (Å²) in [7, 11) is -3.53. The lowest BCUT2D eigenvalue weighted by molar-refractivity contribution is 0.114. The highest BCUT2D eigenvalue weighted by atomic mass is 32.2. The Bertz CT molecular complexity index is 794. The van der Waals surface area contributed by atoms with Gasteiger partial charge >= 0.3 is 0 Å². The van der Waals surface area contributed by atoms with Crippen molar-refractivity contribution in [3.63, 3.8) is 0 Å². The molecule has 0 atom stereocenters. The molecule has 2 heterocycles. The summed E-state index contributed by atoms with van der Waals surface area (Å²) in [6.07, 6.45) is 6.52. The first kappa shape index (κ1) is 16.2. The molecule has 2 N–H and O–H groups in total. The highest BCUT2D eigenvalue weighted by Crippen LogP contribution is 2.37. The van der Waals surface area contributed by atoms with Crippen LogP contribution in [0.1, 0.15) is 37.8 Å². The van der Waals surface area contributed by atoms with Gasteiger partial charge in [0.2, 0.25) is 15.9 Å². The molecule has 1 fully saturated rings. The molecule has 0 aliphatic heterocycles. The fraction of sp³-hybridized carbons (Fsp3) is 0.600. The van der Waals surface area contributed by atoms with Crippen LogP contribution in [0.15, 0.2) is 18.3 Å². The number of nitrogens with two attached hydrogens (primary N) is 1. The van der Waals surface area contributed by atoms with Crippen molar-refractivity contribution >= 4 is 15.7 Å². The zero-order valence-electron chi connectivity index (χ0n) is 13.2. The van der Waals surface area contributed by atoms with E-state index in [1.54, 1.807) is 16.8 Å². The molecule has 0 spiro atoms. The Labute approximate surface area is 135 Å². The van der Waals surface area contributed by atoms with E-state index in [0.717, 1.165) is 43.4 Å². The number of aromatic nitrogens is 3. The summed E-state index contributed by atoms with van der Waals surface area (Å²) in [6, 6.07) is 3.60. The van der Waals surface area contributed by atoms with Crippen molar-refractivity contribution in [2.24, 2.45) is 10.6 Å². The summed E-state index contributed by atoms with van der Waals surface area (Å²) < 4.78 is 30.7. The Balaban J connectivity index is 1.78. The average molecular weight is 338 g/mol. The van der Waals surface area contributed by atoms with Crippen LogP contribution in [-0.4, -0.2) is 35.4 Å². The molecule has 2 aromatic rings. The van der Waals surface area contributed by atoms with Crippen molar-refractivity contribution in [3.05, 3.63) is 24.0 Å². The summed E-state index contributed by atoms with van der Waals surface area (Å²) in [5, 5.41) is 9.69. The number of aryl methyl sites for hydroxylation is 1. The first-order chi connectivity index (χ1) is 10.9. The lowest BCUT2D eigenvalue weighted by Crippen LogP contribution is -2.40. The molecule has 0 unspecified atom stereocenters. The maximum atomic E-state index is 11.6. The molecule has 3 rings (SSSR count). The molecule has 8 heteroatoms. The molecule has 0 aromatic carbocycles. The largest absolute Gasteiger partial charge is 0.476 e. The second kappa shape index (κ2) is 6.09. The van der Waals surface area contributed by atoms with Crippen LogP contribution in [0.25, 0.3) is 5.65 Å².